The Morgan fingerprint density at radius 1 is 0.961 bits per heavy atom. The van der Waals surface area contributed by atoms with E-state index in [-0.39, 0.29) is 17.5 Å². The monoisotopic (exact) mass is 689 g/mol. The topological polar surface area (TPSA) is 64.6 Å². The standard InChI is InChI=1S/C42H38F3N3O3/c1-27-24-46-39-19-13-29(21-31-22-33-7-3-4-8-38(33)47-25-31)12-17-36(39)41(27)48(28(2)49)34-16-18-35(37(23-34)42(43,44)45)32-14-10-30(11-15-32)26-51-40-9-5-6-20-50-40/h3-4,7-8,10-11,13-19,22-25,40H,5-6,9,12,20-21,26H2,1-2H3. The number of anilines is 2. The fourth-order valence-corrected chi connectivity index (χ4v) is 6.80. The zero-order valence-electron chi connectivity index (χ0n) is 28.5. The third-order valence-corrected chi connectivity index (χ3v) is 9.37. The van der Waals surface area contributed by atoms with Crippen molar-refractivity contribution in [3.63, 3.8) is 0 Å². The van der Waals surface area contributed by atoms with Gasteiger partial charge in [0.15, 0.2) is 6.29 Å². The molecule has 1 atom stereocenters. The summed E-state index contributed by atoms with van der Waals surface area (Å²) in [4.78, 5) is 24.0. The fraction of sp³-hybridized carbons (Fsp3) is 0.262. The van der Waals surface area contributed by atoms with E-state index >= 15 is 0 Å². The number of benzene rings is 3. The number of hydrogen-bond donors (Lipinski definition) is 0. The van der Waals surface area contributed by atoms with Crippen LogP contribution in [-0.2, 0) is 33.5 Å². The Balaban J connectivity index is 1.19. The molecule has 3 aromatic carbocycles. The van der Waals surface area contributed by atoms with Crippen LogP contribution in [0.2, 0.25) is 0 Å². The number of halogens is 3. The summed E-state index contributed by atoms with van der Waals surface area (Å²) in [6.45, 7) is 4.16. The zero-order valence-corrected chi connectivity index (χ0v) is 28.5. The van der Waals surface area contributed by atoms with Gasteiger partial charge in [0, 0.05) is 42.2 Å². The number of rotatable bonds is 8. The first-order valence-corrected chi connectivity index (χ1v) is 17.2. The minimum Gasteiger partial charge on any atom is -0.353 e. The Bertz CT molecular complexity index is 2240. The van der Waals surface area contributed by atoms with Gasteiger partial charge in [0.2, 0.25) is 5.91 Å². The molecule has 9 heteroatoms. The first-order valence-electron chi connectivity index (χ1n) is 17.2. The van der Waals surface area contributed by atoms with Crippen LogP contribution in [0.1, 0.15) is 54.9 Å². The van der Waals surface area contributed by atoms with E-state index in [4.69, 9.17) is 9.47 Å². The second kappa shape index (κ2) is 14.6. The molecule has 6 nitrogen and oxygen atoms in total. The third kappa shape index (κ3) is 7.65. The van der Waals surface area contributed by atoms with Crippen molar-refractivity contribution in [1.82, 2.24) is 9.97 Å². The lowest BCUT2D eigenvalue weighted by molar-refractivity contribution is -0.168. The van der Waals surface area contributed by atoms with Crippen molar-refractivity contribution in [3.05, 3.63) is 130 Å². The van der Waals surface area contributed by atoms with E-state index in [1.165, 1.54) is 17.9 Å². The van der Waals surface area contributed by atoms with Crippen molar-refractivity contribution < 1.29 is 27.4 Å². The maximum atomic E-state index is 14.7. The number of carbonyl (C=O) groups is 1. The Morgan fingerprint density at radius 2 is 1.78 bits per heavy atom. The average molecular weight is 690 g/mol. The minimum absolute atomic E-state index is 0.0278. The van der Waals surface area contributed by atoms with E-state index in [2.05, 4.69) is 16.0 Å². The van der Waals surface area contributed by atoms with E-state index < -0.39 is 17.6 Å². The summed E-state index contributed by atoms with van der Waals surface area (Å²) < 4.78 is 55.7. The minimum atomic E-state index is -4.67. The van der Waals surface area contributed by atoms with Gasteiger partial charge in [-0.15, -0.1) is 0 Å². The van der Waals surface area contributed by atoms with Gasteiger partial charge in [0.05, 0.1) is 28.7 Å². The zero-order chi connectivity index (χ0) is 35.5. The Morgan fingerprint density at radius 3 is 2.55 bits per heavy atom. The molecule has 1 fully saturated rings. The van der Waals surface area contributed by atoms with E-state index in [9.17, 15) is 18.0 Å². The van der Waals surface area contributed by atoms with Gasteiger partial charge in [-0.25, -0.2) is 0 Å². The predicted octanol–water partition coefficient (Wildman–Crippen LogP) is 8.49. The summed E-state index contributed by atoms with van der Waals surface area (Å²) in [5.74, 6) is -0.410. The molecule has 7 rings (SSSR count). The highest BCUT2D eigenvalue weighted by atomic mass is 19.4. The number of nitrogens with zero attached hydrogens (tertiary/aromatic N) is 3. The number of hydrogen-bond acceptors (Lipinski definition) is 5. The number of para-hydroxylation sites is 1. The molecule has 1 aliphatic heterocycles. The van der Waals surface area contributed by atoms with Gasteiger partial charge in [-0.2, -0.15) is 13.2 Å². The molecule has 3 heterocycles. The molecule has 0 bridgehead atoms. The molecule has 260 valence electrons. The van der Waals surface area contributed by atoms with Crippen LogP contribution in [0.15, 0.2) is 96.8 Å². The molecular weight excluding hydrogens is 651 g/mol. The molecule has 0 saturated carbocycles. The van der Waals surface area contributed by atoms with Gasteiger partial charge < -0.3 is 9.47 Å². The lowest BCUT2D eigenvalue weighted by Crippen LogP contribution is -2.37. The van der Waals surface area contributed by atoms with Crippen molar-refractivity contribution in [2.24, 2.45) is 0 Å². The normalized spacial score (nSPS) is 16.0. The van der Waals surface area contributed by atoms with E-state index in [1.54, 1.807) is 36.5 Å². The number of fused-ring (bicyclic) bond motifs is 2. The lowest BCUT2D eigenvalue weighted by Gasteiger charge is -2.26. The summed E-state index contributed by atoms with van der Waals surface area (Å²) >= 11 is 0. The van der Waals surface area contributed by atoms with Gasteiger partial charge in [0.25, 0.3) is 0 Å². The number of ether oxygens (including phenoxy) is 2. The molecule has 1 amide bonds. The smallest absolute Gasteiger partial charge is 0.353 e. The number of aromatic nitrogens is 2. The van der Waals surface area contributed by atoms with Crippen LogP contribution in [-0.4, -0.2) is 28.8 Å². The highest BCUT2D eigenvalue weighted by Crippen LogP contribution is 2.40. The summed E-state index contributed by atoms with van der Waals surface area (Å²) in [5.41, 5.74) is 4.88. The number of pyridine rings is 2. The molecule has 5 aromatic rings. The maximum absolute atomic E-state index is 14.7. The Kier molecular flexibility index (Phi) is 9.84. The highest BCUT2D eigenvalue weighted by molar-refractivity contribution is 6.00. The van der Waals surface area contributed by atoms with E-state index in [0.717, 1.165) is 52.9 Å². The fourth-order valence-electron chi connectivity index (χ4n) is 6.80. The highest BCUT2D eigenvalue weighted by Gasteiger charge is 2.35. The summed E-state index contributed by atoms with van der Waals surface area (Å²) in [5, 5.41) is 2.40. The molecule has 0 spiro atoms. The van der Waals surface area contributed by atoms with Crippen molar-refractivity contribution in [2.75, 3.05) is 11.5 Å². The van der Waals surface area contributed by atoms with Crippen LogP contribution >= 0.6 is 0 Å². The summed E-state index contributed by atoms with van der Waals surface area (Å²) in [7, 11) is 0. The molecule has 51 heavy (non-hydrogen) atoms. The van der Waals surface area contributed by atoms with Crippen LogP contribution in [0.25, 0.3) is 34.2 Å². The number of carbonyl (C=O) groups excluding carboxylic acids is 1. The van der Waals surface area contributed by atoms with E-state index in [0.29, 0.717) is 53.4 Å². The van der Waals surface area contributed by atoms with Crippen molar-refractivity contribution in [1.29, 1.82) is 0 Å². The average Bonchev–Trinajstić information content (AvgIpc) is 3.34. The second-order valence-corrected chi connectivity index (χ2v) is 13.1. The van der Waals surface area contributed by atoms with Gasteiger partial charge >= 0.3 is 6.18 Å². The van der Waals surface area contributed by atoms with Gasteiger partial charge in [-0.05, 0) is 97.2 Å². The Hall–Kier alpha value is -5.12. The van der Waals surface area contributed by atoms with E-state index in [1.807, 2.05) is 55.6 Å². The maximum Gasteiger partial charge on any atom is 0.417 e. The summed E-state index contributed by atoms with van der Waals surface area (Å²) in [6.07, 6.45) is 8.69. The molecule has 2 aliphatic rings. The third-order valence-electron chi connectivity index (χ3n) is 9.37. The molecule has 1 unspecified atom stereocenters. The van der Waals surface area contributed by atoms with Crippen LogP contribution < -0.4 is 15.5 Å². The quantitative estimate of drug-likeness (QED) is 0.164. The largest absolute Gasteiger partial charge is 0.417 e. The van der Waals surface area contributed by atoms with Crippen molar-refractivity contribution >= 4 is 40.3 Å². The molecule has 1 aliphatic carbocycles. The predicted molar refractivity (Wildman–Crippen MR) is 193 cm³/mol. The van der Waals surface area contributed by atoms with Crippen molar-refractivity contribution in [2.45, 2.75) is 65.0 Å². The van der Waals surface area contributed by atoms with Crippen LogP contribution in [0, 0.1) is 6.92 Å². The molecule has 2 aromatic heterocycles. The van der Waals surface area contributed by atoms with Crippen molar-refractivity contribution in [3.8, 4) is 11.1 Å². The summed E-state index contributed by atoms with van der Waals surface area (Å²) in [6, 6.07) is 21.1. The number of amides is 1. The number of allylic oxidation sites excluding steroid dienone is 2. The van der Waals surface area contributed by atoms with Crippen LogP contribution in [0.3, 0.4) is 0 Å². The van der Waals surface area contributed by atoms with Crippen LogP contribution in [0.4, 0.5) is 24.5 Å². The van der Waals surface area contributed by atoms with Gasteiger partial charge in [-0.1, -0.05) is 66.3 Å². The molecule has 1 saturated heterocycles. The number of aryl methyl sites for hydroxylation is 1. The Labute approximate surface area is 294 Å². The van der Waals surface area contributed by atoms with Gasteiger partial charge in [0.1, 0.15) is 0 Å². The SMILES string of the molecule is CC(=O)N(c1ccc(-c2ccc(COC3CCCCO3)cc2)c(C(F)(F)F)c1)c1c(C)cnc2c1=CCC(Cc1cnc3ccccc3c1)=CC=2. The molecule has 0 radical (unpaired) electrons. The van der Waals surface area contributed by atoms with Gasteiger partial charge in [-0.3, -0.25) is 19.7 Å². The molecule has 0 N–H and O–H groups in total. The lowest BCUT2D eigenvalue weighted by atomic mass is 9.97. The number of alkyl halides is 3. The molecular formula is C42H38F3N3O3. The first-order chi connectivity index (χ1) is 24.6. The van der Waals surface area contributed by atoms with Crippen LogP contribution in [0.5, 0.6) is 0 Å². The first kappa shape index (κ1) is 34.3. The second-order valence-electron chi connectivity index (χ2n) is 13.1.